The maximum atomic E-state index is 5.80. The molecule has 0 amide bonds. The molecule has 1 aromatic rings. The lowest BCUT2D eigenvalue weighted by molar-refractivity contribution is 0.322. The van der Waals surface area contributed by atoms with E-state index in [-0.39, 0.29) is 0 Å². The van der Waals surface area contributed by atoms with Gasteiger partial charge in [-0.15, -0.1) is 0 Å². The first-order chi connectivity index (χ1) is 7.66. The molecule has 0 bridgehead atoms. The Morgan fingerprint density at radius 1 is 1.44 bits per heavy atom. The summed E-state index contributed by atoms with van der Waals surface area (Å²) in [5.74, 6) is 1.58. The standard InChI is InChI=1S/C13H19ClN2/c1-10(2)11-4-3-7-16(9-11)12-5-6-13(14)15-8-12/h5-6,8,10-11H,3-4,7,9H2,1-2H3. The average molecular weight is 239 g/mol. The number of hydrogen-bond acceptors (Lipinski definition) is 2. The van der Waals surface area contributed by atoms with Gasteiger partial charge in [-0.2, -0.15) is 0 Å². The van der Waals surface area contributed by atoms with Crippen molar-refractivity contribution in [1.29, 1.82) is 0 Å². The van der Waals surface area contributed by atoms with E-state index >= 15 is 0 Å². The van der Waals surface area contributed by atoms with Crippen molar-refractivity contribution in [1.82, 2.24) is 4.98 Å². The molecule has 1 fully saturated rings. The maximum Gasteiger partial charge on any atom is 0.129 e. The van der Waals surface area contributed by atoms with Crippen molar-refractivity contribution in [3.63, 3.8) is 0 Å². The van der Waals surface area contributed by atoms with Crippen LogP contribution in [-0.2, 0) is 0 Å². The van der Waals surface area contributed by atoms with Gasteiger partial charge in [-0.05, 0) is 36.8 Å². The summed E-state index contributed by atoms with van der Waals surface area (Å²) in [4.78, 5) is 6.58. The van der Waals surface area contributed by atoms with Crippen molar-refractivity contribution in [2.75, 3.05) is 18.0 Å². The van der Waals surface area contributed by atoms with E-state index in [9.17, 15) is 0 Å². The number of halogens is 1. The smallest absolute Gasteiger partial charge is 0.129 e. The number of rotatable bonds is 2. The Labute approximate surface area is 103 Å². The van der Waals surface area contributed by atoms with E-state index in [1.54, 1.807) is 0 Å². The minimum Gasteiger partial charge on any atom is -0.370 e. The second kappa shape index (κ2) is 5.05. The molecule has 1 saturated heterocycles. The minimum atomic E-state index is 0.571. The van der Waals surface area contributed by atoms with Crippen LogP contribution in [0.3, 0.4) is 0 Å². The highest BCUT2D eigenvalue weighted by Gasteiger charge is 2.22. The molecule has 2 heterocycles. The first-order valence-electron chi connectivity index (χ1n) is 6.03. The molecule has 0 spiro atoms. The van der Waals surface area contributed by atoms with Crippen molar-refractivity contribution < 1.29 is 0 Å². The van der Waals surface area contributed by atoms with Crippen molar-refractivity contribution >= 4 is 17.3 Å². The number of piperidine rings is 1. The molecule has 0 saturated carbocycles. The monoisotopic (exact) mass is 238 g/mol. The maximum absolute atomic E-state index is 5.80. The lowest BCUT2D eigenvalue weighted by Crippen LogP contribution is -2.37. The van der Waals surface area contributed by atoms with Crippen LogP contribution in [0.15, 0.2) is 18.3 Å². The van der Waals surface area contributed by atoms with Gasteiger partial charge in [0.15, 0.2) is 0 Å². The van der Waals surface area contributed by atoms with Crippen LogP contribution in [-0.4, -0.2) is 18.1 Å². The number of anilines is 1. The van der Waals surface area contributed by atoms with E-state index in [4.69, 9.17) is 11.6 Å². The molecule has 0 aliphatic carbocycles. The fourth-order valence-corrected chi connectivity index (χ4v) is 2.46. The Balaban J connectivity index is 2.06. The molecule has 0 radical (unpaired) electrons. The Morgan fingerprint density at radius 2 is 2.25 bits per heavy atom. The van der Waals surface area contributed by atoms with Crippen LogP contribution in [0.2, 0.25) is 5.15 Å². The van der Waals surface area contributed by atoms with Crippen LogP contribution >= 0.6 is 11.6 Å². The van der Waals surface area contributed by atoms with Gasteiger partial charge in [0.2, 0.25) is 0 Å². The summed E-state index contributed by atoms with van der Waals surface area (Å²) in [5.41, 5.74) is 1.20. The highest BCUT2D eigenvalue weighted by molar-refractivity contribution is 6.29. The van der Waals surface area contributed by atoms with E-state index in [0.29, 0.717) is 5.15 Å². The predicted octanol–water partition coefficient (Wildman–Crippen LogP) is 3.61. The van der Waals surface area contributed by atoms with Gasteiger partial charge in [-0.3, -0.25) is 0 Å². The molecule has 0 N–H and O–H groups in total. The Morgan fingerprint density at radius 3 is 2.88 bits per heavy atom. The van der Waals surface area contributed by atoms with Crippen molar-refractivity contribution in [2.24, 2.45) is 11.8 Å². The zero-order valence-electron chi connectivity index (χ0n) is 9.99. The summed E-state index contributed by atoms with van der Waals surface area (Å²) < 4.78 is 0. The summed E-state index contributed by atoms with van der Waals surface area (Å²) >= 11 is 5.80. The minimum absolute atomic E-state index is 0.571. The van der Waals surface area contributed by atoms with Crippen LogP contribution in [0, 0.1) is 11.8 Å². The van der Waals surface area contributed by atoms with Gasteiger partial charge in [0.05, 0.1) is 11.9 Å². The SMILES string of the molecule is CC(C)C1CCCN(c2ccc(Cl)nc2)C1. The van der Waals surface area contributed by atoms with Crippen LogP contribution in [0.4, 0.5) is 5.69 Å². The average Bonchev–Trinajstić information content (AvgIpc) is 2.30. The van der Waals surface area contributed by atoms with Crippen molar-refractivity contribution in [3.05, 3.63) is 23.5 Å². The first-order valence-corrected chi connectivity index (χ1v) is 6.41. The summed E-state index contributed by atoms with van der Waals surface area (Å²) in [7, 11) is 0. The topological polar surface area (TPSA) is 16.1 Å². The number of nitrogens with zero attached hydrogens (tertiary/aromatic N) is 2. The number of aromatic nitrogens is 1. The van der Waals surface area contributed by atoms with Gasteiger partial charge in [0, 0.05) is 13.1 Å². The molecular formula is C13H19ClN2. The fourth-order valence-electron chi connectivity index (χ4n) is 2.34. The number of pyridine rings is 1. The van der Waals surface area contributed by atoms with E-state index in [2.05, 4.69) is 29.8 Å². The van der Waals surface area contributed by atoms with Crippen LogP contribution < -0.4 is 4.90 Å². The zero-order valence-corrected chi connectivity index (χ0v) is 10.7. The Kier molecular flexibility index (Phi) is 3.70. The van der Waals surface area contributed by atoms with E-state index in [1.165, 1.54) is 18.5 Å². The van der Waals surface area contributed by atoms with E-state index < -0.39 is 0 Å². The summed E-state index contributed by atoms with van der Waals surface area (Å²) in [6.07, 6.45) is 4.52. The first kappa shape index (κ1) is 11.7. The quantitative estimate of drug-likeness (QED) is 0.732. The molecule has 2 nitrogen and oxygen atoms in total. The van der Waals surface area contributed by atoms with Crippen LogP contribution in [0.25, 0.3) is 0 Å². The van der Waals surface area contributed by atoms with Crippen molar-refractivity contribution in [2.45, 2.75) is 26.7 Å². The second-order valence-corrected chi connectivity index (χ2v) is 5.32. The Hall–Kier alpha value is -0.760. The molecular weight excluding hydrogens is 220 g/mol. The normalized spacial score (nSPS) is 21.5. The molecule has 1 unspecified atom stereocenters. The second-order valence-electron chi connectivity index (χ2n) is 4.93. The third-order valence-corrected chi connectivity index (χ3v) is 3.70. The van der Waals surface area contributed by atoms with Crippen LogP contribution in [0.1, 0.15) is 26.7 Å². The molecule has 16 heavy (non-hydrogen) atoms. The molecule has 1 aromatic heterocycles. The van der Waals surface area contributed by atoms with Gasteiger partial charge >= 0.3 is 0 Å². The van der Waals surface area contributed by atoms with Crippen LogP contribution in [0.5, 0.6) is 0 Å². The summed E-state index contributed by atoms with van der Waals surface area (Å²) in [5, 5.41) is 0.571. The summed E-state index contributed by atoms with van der Waals surface area (Å²) in [6, 6.07) is 3.94. The van der Waals surface area contributed by atoms with Gasteiger partial charge in [0.1, 0.15) is 5.15 Å². The molecule has 88 valence electrons. The Bertz CT molecular complexity index is 334. The summed E-state index contributed by atoms with van der Waals surface area (Å²) in [6.45, 7) is 6.93. The highest BCUT2D eigenvalue weighted by Crippen LogP contribution is 2.27. The molecule has 1 aliphatic rings. The number of hydrogen-bond donors (Lipinski definition) is 0. The van der Waals surface area contributed by atoms with Gasteiger partial charge in [0.25, 0.3) is 0 Å². The zero-order chi connectivity index (χ0) is 11.5. The third-order valence-electron chi connectivity index (χ3n) is 3.48. The fraction of sp³-hybridized carbons (Fsp3) is 0.615. The predicted molar refractivity (Wildman–Crippen MR) is 69.0 cm³/mol. The lowest BCUT2D eigenvalue weighted by Gasteiger charge is -2.36. The van der Waals surface area contributed by atoms with E-state index in [0.717, 1.165) is 24.9 Å². The largest absolute Gasteiger partial charge is 0.370 e. The van der Waals surface area contributed by atoms with Gasteiger partial charge in [-0.25, -0.2) is 4.98 Å². The van der Waals surface area contributed by atoms with E-state index in [1.807, 2.05) is 12.3 Å². The molecule has 1 aliphatic heterocycles. The van der Waals surface area contributed by atoms with Crippen molar-refractivity contribution in [3.8, 4) is 0 Å². The third kappa shape index (κ3) is 2.67. The molecule has 0 aromatic carbocycles. The molecule has 1 atom stereocenters. The molecule has 3 heteroatoms. The molecule has 2 rings (SSSR count). The highest BCUT2D eigenvalue weighted by atomic mass is 35.5. The van der Waals surface area contributed by atoms with Gasteiger partial charge < -0.3 is 4.90 Å². The van der Waals surface area contributed by atoms with Gasteiger partial charge in [-0.1, -0.05) is 25.4 Å². The lowest BCUT2D eigenvalue weighted by atomic mass is 9.88.